The fraction of sp³-hybridized carbons (Fsp3) is 0.250. The van der Waals surface area contributed by atoms with Crippen molar-refractivity contribution in [1.82, 2.24) is 4.98 Å². The van der Waals surface area contributed by atoms with E-state index in [9.17, 15) is 4.79 Å². The Labute approximate surface area is 171 Å². The summed E-state index contributed by atoms with van der Waals surface area (Å²) in [6, 6.07) is 19.4. The van der Waals surface area contributed by atoms with Gasteiger partial charge in [-0.3, -0.25) is 4.79 Å². The average molecular weight is 387 g/mol. The molecule has 0 saturated heterocycles. The first kappa shape index (κ1) is 19.0. The molecule has 1 aliphatic rings. The third-order valence-electron chi connectivity index (χ3n) is 4.89. The van der Waals surface area contributed by atoms with Gasteiger partial charge in [0.2, 0.25) is 0 Å². The molecule has 1 N–H and O–H groups in total. The molecule has 1 aromatic heterocycles. The van der Waals surface area contributed by atoms with E-state index in [-0.39, 0.29) is 12.0 Å². The van der Waals surface area contributed by atoms with Crippen LogP contribution in [-0.4, -0.2) is 23.5 Å². The summed E-state index contributed by atoms with van der Waals surface area (Å²) in [4.78, 5) is 19.6. The molecular weight excluding hydrogens is 362 g/mol. The highest BCUT2D eigenvalue weighted by molar-refractivity contribution is 6.05. The molecule has 0 atom stereocenters. The summed E-state index contributed by atoms with van der Waals surface area (Å²) >= 11 is 0. The SMILES string of the molecule is CC(C)Oc1ccccc1NC(=O)c1ccnc(N2CCCc3ccccc32)c1. The third kappa shape index (κ3) is 4.24. The van der Waals surface area contributed by atoms with Crippen molar-refractivity contribution in [2.75, 3.05) is 16.8 Å². The van der Waals surface area contributed by atoms with Gasteiger partial charge in [-0.2, -0.15) is 0 Å². The minimum atomic E-state index is -0.182. The topological polar surface area (TPSA) is 54.5 Å². The highest BCUT2D eigenvalue weighted by atomic mass is 16.5. The number of aryl methyl sites for hydroxylation is 1. The first-order chi connectivity index (χ1) is 14.1. The van der Waals surface area contributed by atoms with Gasteiger partial charge in [0.1, 0.15) is 11.6 Å². The summed E-state index contributed by atoms with van der Waals surface area (Å²) in [5.41, 5.74) is 3.71. The molecule has 29 heavy (non-hydrogen) atoms. The monoisotopic (exact) mass is 387 g/mol. The zero-order chi connectivity index (χ0) is 20.2. The van der Waals surface area contributed by atoms with Crippen LogP contribution in [0.2, 0.25) is 0 Å². The number of anilines is 3. The molecule has 0 fully saturated rings. The molecule has 0 radical (unpaired) electrons. The van der Waals surface area contributed by atoms with Crippen molar-refractivity contribution in [3.05, 3.63) is 78.0 Å². The second-order valence-electron chi connectivity index (χ2n) is 7.40. The van der Waals surface area contributed by atoms with Crippen LogP contribution in [0.1, 0.15) is 36.2 Å². The quantitative estimate of drug-likeness (QED) is 0.653. The molecule has 5 nitrogen and oxygen atoms in total. The highest BCUT2D eigenvalue weighted by Crippen LogP contribution is 2.32. The number of nitrogens with one attached hydrogen (secondary N) is 1. The number of aromatic nitrogens is 1. The maximum absolute atomic E-state index is 12.9. The molecule has 1 aliphatic heterocycles. The molecule has 0 aliphatic carbocycles. The first-order valence-corrected chi connectivity index (χ1v) is 10.0. The minimum Gasteiger partial charge on any atom is -0.489 e. The van der Waals surface area contributed by atoms with Crippen LogP contribution in [0.3, 0.4) is 0 Å². The number of nitrogens with zero attached hydrogens (tertiary/aromatic N) is 2. The molecule has 2 heterocycles. The second kappa shape index (κ2) is 8.35. The van der Waals surface area contributed by atoms with Crippen molar-refractivity contribution in [2.24, 2.45) is 0 Å². The van der Waals surface area contributed by atoms with E-state index < -0.39 is 0 Å². The maximum atomic E-state index is 12.9. The first-order valence-electron chi connectivity index (χ1n) is 10.0. The molecule has 3 aromatic rings. The van der Waals surface area contributed by atoms with Crippen molar-refractivity contribution >= 4 is 23.1 Å². The van der Waals surface area contributed by atoms with Crippen molar-refractivity contribution in [1.29, 1.82) is 0 Å². The number of rotatable bonds is 5. The molecule has 5 heteroatoms. The van der Waals surface area contributed by atoms with Gasteiger partial charge >= 0.3 is 0 Å². The van der Waals surface area contributed by atoms with Crippen LogP contribution < -0.4 is 15.0 Å². The lowest BCUT2D eigenvalue weighted by Crippen LogP contribution is -2.25. The Balaban J connectivity index is 1.58. The van der Waals surface area contributed by atoms with Crippen molar-refractivity contribution in [3.8, 4) is 5.75 Å². The summed E-state index contributed by atoms with van der Waals surface area (Å²) in [7, 11) is 0. The van der Waals surface area contributed by atoms with Crippen LogP contribution in [-0.2, 0) is 6.42 Å². The lowest BCUT2D eigenvalue weighted by Gasteiger charge is -2.30. The number of ether oxygens (including phenoxy) is 1. The number of hydrogen-bond acceptors (Lipinski definition) is 4. The Hall–Kier alpha value is -3.34. The van der Waals surface area contributed by atoms with Gasteiger partial charge in [0, 0.05) is 24.0 Å². The summed E-state index contributed by atoms with van der Waals surface area (Å²) in [5, 5.41) is 2.97. The lowest BCUT2D eigenvalue weighted by atomic mass is 10.0. The number of pyridine rings is 1. The Morgan fingerprint density at radius 1 is 1.10 bits per heavy atom. The molecule has 1 amide bonds. The Bertz CT molecular complexity index is 1020. The van der Waals surface area contributed by atoms with E-state index in [0.717, 1.165) is 25.2 Å². The Morgan fingerprint density at radius 2 is 1.90 bits per heavy atom. The van der Waals surface area contributed by atoms with E-state index in [0.29, 0.717) is 17.0 Å². The fourth-order valence-corrected chi connectivity index (χ4v) is 3.60. The molecule has 2 aromatic carbocycles. The molecule has 0 saturated carbocycles. The smallest absolute Gasteiger partial charge is 0.255 e. The van der Waals surface area contributed by atoms with Crippen molar-refractivity contribution < 1.29 is 9.53 Å². The van der Waals surface area contributed by atoms with E-state index in [1.165, 1.54) is 11.3 Å². The van der Waals surface area contributed by atoms with Gasteiger partial charge in [-0.05, 0) is 62.6 Å². The van der Waals surface area contributed by atoms with E-state index in [1.807, 2.05) is 50.2 Å². The van der Waals surface area contributed by atoms with Crippen LogP contribution in [0, 0.1) is 0 Å². The largest absolute Gasteiger partial charge is 0.489 e. The summed E-state index contributed by atoms with van der Waals surface area (Å²) in [6.45, 7) is 4.81. The maximum Gasteiger partial charge on any atom is 0.255 e. The highest BCUT2D eigenvalue weighted by Gasteiger charge is 2.20. The number of fused-ring (bicyclic) bond motifs is 1. The van der Waals surface area contributed by atoms with Gasteiger partial charge in [0.15, 0.2) is 0 Å². The van der Waals surface area contributed by atoms with Crippen LogP contribution in [0.4, 0.5) is 17.2 Å². The van der Waals surface area contributed by atoms with Crippen molar-refractivity contribution in [2.45, 2.75) is 32.8 Å². The van der Waals surface area contributed by atoms with E-state index in [2.05, 4.69) is 33.4 Å². The Morgan fingerprint density at radius 3 is 2.76 bits per heavy atom. The predicted molar refractivity (Wildman–Crippen MR) is 116 cm³/mol. The molecule has 0 bridgehead atoms. The van der Waals surface area contributed by atoms with Gasteiger partial charge in [0.05, 0.1) is 11.8 Å². The van der Waals surface area contributed by atoms with Gasteiger partial charge in [-0.15, -0.1) is 0 Å². The van der Waals surface area contributed by atoms with Gasteiger partial charge in [-0.25, -0.2) is 4.98 Å². The lowest BCUT2D eigenvalue weighted by molar-refractivity contribution is 0.102. The van der Waals surface area contributed by atoms with E-state index in [1.54, 1.807) is 12.3 Å². The average Bonchev–Trinajstić information content (AvgIpc) is 2.74. The molecule has 148 valence electrons. The van der Waals surface area contributed by atoms with Gasteiger partial charge < -0.3 is 15.0 Å². The van der Waals surface area contributed by atoms with Crippen LogP contribution in [0.15, 0.2) is 66.9 Å². The van der Waals surface area contributed by atoms with Crippen LogP contribution in [0.5, 0.6) is 5.75 Å². The Kier molecular flexibility index (Phi) is 5.47. The normalized spacial score (nSPS) is 13.1. The van der Waals surface area contributed by atoms with Gasteiger partial charge in [0.25, 0.3) is 5.91 Å². The number of benzene rings is 2. The standard InChI is InChI=1S/C24H25N3O2/c1-17(2)29-22-12-6-4-10-20(22)26-24(28)19-13-14-25-23(16-19)27-15-7-9-18-8-3-5-11-21(18)27/h3-6,8,10-14,16-17H,7,9,15H2,1-2H3,(H,26,28). The minimum absolute atomic E-state index is 0.0275. The van der Waals surface area contributed by atoms with Gasteiger partial charge in [-0.1, -0.05) is 30.3 Å². The second-order valence-corrected chi connectivity index (χ2v) is 7.40. The predicted octanol–water partition coefficient (Wildman–Crippen LogP) is 5.21. The molecular formula is C24H25N3O2. The number of hydrogen-bond donors (Lipinski definition) is 1. The summed E-state index contributed by atoms with van der Waals surface area (Å²) < 4.78 is 5.80. The third-order valence-corrected chi connectivity index (χ3v) is 4.89. The van der Waals surface area contributed by atoms with Crippen LogP contribution >= 0.6 is 0 Å². The summed E-state index contributed by atoms with van der Waals surface area (Å²) in [6.07, 6.45) is 3.85. The summed E-state index contributed by atoms with van der Waals surface area (Å²) in [5.74, 6) is 1.27. The zero-order valence-corrected chi connectivity index (χ0v) is 16.8. The van der Waals surface area contributed by atoms with Crippen molar-refractivity contribution in [3.63, 3.8) is 0 Å². The number of carbonyl (C=O) groups excluding carboxylic acids is 1. The van der Waals surface area contributed by atoms with E-state index in [4.69, 9.17) is 4.74 Å². The molecule has 0 unspecified atom stereocenters. The number of carbonyl (C=O) groups is 1. The van der Waals surface area contributed by atoms with E-state index >= 15 is 0 Å². The molecule has 0 spiro atoms. The fourth-order valence-electron chi connectivity index (χ4n) is 3.60. The molecule has 4 rings (SSSR count). The number of amides is 1. The number of para-hydroxylation sites is 3. The zero-order valence-electron chi connectivity index (χ0n) is 16.8. The van der Waals surface area contributed by atoms with Crippen LogP contribution in [0.25, 0.3) is 0 Å².